The van der Waals surface area contributed by atoms with Crippen LogP contribution in [0.4, 0.5) is 0 Å². The van der Waals surface area contributed by atoms with Crippen LogP contribution in [0.15, 0.2) is 59.5 Å². The van der Waals surface area contributed by atoms with Crippen molar-refractivity contribution in [1.82, 2.24) is 4.90 Å². The van der Waals surface area contributed by atoms with Gasteiger partial charge < -0.3 is 9.80 Å². The first-order valence-corrected chi connectivity index (χ1v) is 9.75. The minimum atomic E-state index is 0.254. The number of hydrogen-bond acceptors (Lipinski definition) is 2. The Hall–Kier alpha value is -1.78. The van der Waals surface area contributed by atoms with E-state index in [0.29, 0.717) is 6.42 Å². The summed E-state index contributed by atoms with van der Waals surface area (Å²) in [5.41, 5.74) is 2.48. The third kappa shape index (κ3) is 4.62. The Morgan fingerprint density at radius 2 is 1.67 bits per heavy atom. The van der Waals surface area contributed by atoms with Gasteiger partial charge in [0.2, 0.25) is 5.91 Å². The zero-order chi connectivity index (χ0) is 16.8. The van der Waals surface area contributed by atoms with Crippen molar-refractivity contribution in [2.75, 3.05) is 32.4 Å². The first-order chi connectivity index (χ1) is 11.7. The van der Waals surface area contributed by atoms with Crippen LogP contribution in [0.3, 0.4) is 0 Å². The van der Waals surface area contributed by atoms with Gasteiger partial charge in [-0.15, -0.1) is 11.8 Å². The second-order valence-corrected chi connectivity index (χ2v) is 7.20. The third-order valence-corrected chi connectivity index (χ3v) is 5.38. The van der Waals surface area contributed by atoms with Crippen molar-refractivity contribution in [3.8, 4) is 0 Å². The number of nitrogens with zero attached hydrogens (tertiary/aromatic N) is 1. The SMILES string of the molecule is CSc1ccc(C[NH+]2CCN(C(=O)Cc3ccccc3)CC2)cc1. The molecule has 0 saturated carbocycles. The molecule has 0 unspecified atom stereocenters. The predicted molar refractivity (Wildman–Crippen MR) is 99.3 cm³/mol. The lowest BCUT2D eigenvalue weighted by atomic mass is 10.1. The maximum atomic E-state index is 12.4. The number of carbonyl (C=O) groups excluding carboxylic acids is 1. The largest absolute Gasteiger partial charge is 0.331 e. The molecule has 3 nitrogen and oxygen atoms in total. The zero-order valence-electron chi connectivity index (χ0n) is 14.2. The van der Waals surface area contributed by atoms with Crippen LogP contribution in [0.1, 0.15) is 11.1 Å². The maximum absolute atomic E-state index is 12.4. The van der Waals surface area contributed by atoms with Gasteiger partial charge in [-0.3, -0.25) is 4.79 Å². The number of piperazine rings is 1. The van der Waals surface area contributed by atoms with Crippen LogP contribution in [-0.2, 0) is 17.8 Å². The van der Waals surface area contributed by atoms with E-state index in [-0.39, 0.29) is 5.91 Å². The van der Waals surface area contributed by atoms with Gasteiger partial charge in [0.15, 0.2) is 0 Å². The summed E-state index contributed by atoms with van der Waals surface area (Å²) in [6.45, 7) is 4.85. The summed E-state index contributed by atoms with van der Waals surface area (Å²) in [6, 6.07) is 18.9. The number of nitrogens with one attached hydrogen (secondary N) is 1. The van der Waals surface area contributed by atoms with E-state index in [4.69, 9.17) is 0 Å². The van der Waals surface area contributed by atoms with Crippen LogP contribution in [-0.4, -0.2) is 43.2 Å². The molecule has 2 aromatic carbocycles. The van der Waals surface area contributed by atoms with Crippen molar-refractivity contribution in [3.63, 3.8) is 0 Å². The van der Waals surface area contributed by atoms with Crippen molar-refractivity contribution in [2.24, 2.45) is 0 Å². The second-order valence-electron chi connectivity index (χ2n) is 6.32. The number of benzene rings is 2. The molecule has 1 amide bonds. The highest BCUT2D eigenvalue weighted by atomic mass is 32.2. The van der Waals surface area contributed by atoms with E-state index in [2.05, 4.69) is 30.5 Å². The highest BCUT2D eigenvalue weighted by Crippen LogP contribution is 2.14. The molecule has 2 aromatic rings. The van der Waals surface area contributed by atoms with Gasteiger partial charge in [0, 0.05) is 10.5 Å². The van der Waals surface area contributed by atoms with Crippen LogP contribution in [0.2, 0.25) is 0 Å². The molecule has 1 aliphatic rings. The summed E-state index contributed by atoms with van der Waals surface area (Å²) >= 11 is 1.78. The lowest BCUT2D eigenvalue weighted by Crippen LogP contribution is -3.13. The van der Waals surface area contributed by atoms with Gasteiger partial charge in [-0.25, -0.2) is 0 Å². The molecule has 0 atom stereocenters. The van der Waals surface area contributed by atoms with E-state index < -0.39 is 0 Å². The summed E-state index contributed by atoms with van der Waals surface area (Å²) in [5, 5.41) is 0. The Kier molecular flexibility index (Phi) is 5.94. The first kappa shape index (κ1) is 17.1. The predicted octanol–water partition coefficient (Wildman–Crippen LogP) is 1.88. The molecule has 3 rings (SSSR count). The van der Waals surface area contributed by atoms with Crippen LogP contribution in [0, 0.1) is 0 Å². The van der Waals surface area contributed by atoms with Gasteiger partial charge >= 0.3 is 0 Å². The molecule has 1 heterocycles. The number of rotatable bonds is 5. The van der Waals surface area contributed by atoms with E-state index in [0.717, 1.165) is 38.3 Å². The smallest absolute Gasteiger partial charge is 0.227 e. The topological polar surface area (TPSA) is 24.8 Å². The van der Waals surface area contributed by atoms with E-state index in [1.807, 2.05) is 35.2 Å². The fraction of sp³-hybridized carbons (Fsp3) is 0.350. The molecule has 126 valence electrons. The van der Waals surface area contributed by atoms with Gasteiger partial charge in [-0.1, -0.05) is 42.5 Å². The summed E-state index contributed by atoms with van der Waals surface area (Å²) in [5.74, 6) is 0.254. The molecule has 0 spiro atoms. The van der Waals surface area contributed by atoms with Gasteiger partial charge in [0.25, 0.3) is 0 Å². The summed E-state index contributed by atoms with van der Waals surface area (Å²) in [4.78, 5) is 17.3. The van der Waals surface area contributed by atoms with Crippen molar-refractivity contribution >= 4 is 17.7 Å². The Morgan fingerprint density at radius 3 is 2.29 bits per heavy atom. The Labute approximate surface area is 148 Å². The highest BCUT2D eigenvalue weighted by molar-refractivity contribution is 7.98. The van der Waals surface area contributed by atoms with Gasteiger partial charge in [0.05, 0.1) is 32.6 Å². The van der Waals surface area contributed by atoms with Crippen LogP contribution in [0.25, 0.3) is 0 Å². The number of carbonyl (C=O) groups is 1. The van der Waals surface area contributed by atoms with Crippen molar-refractivity contribution in [2.45, 2.75) is 17.9 Å². The molecule has 24 heavy (non-hydrogen) atoms. The molecule has 1 N–H and O–H groups in total. The molecule has 1 saturated heterocycles. The molecular weight excluding hydrogens is 316 g/mol. The normalized spacial score (nSPS) is 15.5. The fourth-order valence-corrected chi connectivity index (χ4v) is 3.57. The minimum absolute atomic E-state index is 0.254. The average molecular weight is 342 g/mol. The summed E-state index contributed by atoms with van der Waals surface area (Å²) in [6.07, 6.45) is 2.62. The Bertz CT molecular complexity index is 649. The van der Waals surface area contributed by atoms with Gasteiger partial charge in [0.1, 0.15) is 6.54 Å². The van der Waals surface area contributed by atoms with Crippen molar-refractivity contribution < 1.29 is 9.69 Å². The van der Waals surface area contributed by atoms with Gasteiger partial charge in [-0.05, 0) is 24.0 Å². The summed E-state index contributed by atoms with van der Waals surface area (Å²) < 4.78 is 0. The molecule has 0 radical (unpaired) electrons. The number of quaternary nitrogens is 1. The number of hydrogen-bond donors (Lipinski definition) is 1. The molecule has 4 heteroatoms. The number of amides is 1. The van der Waals surface area contributed by atoms with Gasteiger partial charge in [-0.2, -0.15) is 0 Å². The van der Waals surface area contributed by atoms with E-state index >= 15 is 0 Å². The molecule has 0 aliphatic carbocycles. The van der Waals surface area contributed by atoms with Crippen LogP contribution in [0.5, 0.6) is 0 Å². The zero-order valence-corrected chi connectivity index (χ0v) is 15.0. The van der Waals surface area contributed by atoms with Crippen molar-refractivity contribution in [1.29, 1.82) is 0 Å². The molecule has 0 bridgehead atoms. The lowest BCUT2D eigenvalue weighted by Gasteiger charge is -2.32. The van der Waals surface area contributed by atoms with E-state index in [1.165, 1.54) is 10.5 Å². The molecule has 1 fully saturated rings. The monoisotopic (exact) mass is 341 g/mol. The van der Waals surface area contributed by atoms with Crippen LogP contribution < -0.4 is 4.90 Å². The quantitative estimate of drug-likeness (QED) is 0.840. The first-order valence-electron chi connectivity index (χ1n) is 8.53. The summed E-state index contributed by atoms with van der Waals surface area (Å²) in [7, 11) is 0. The Balaban J connectivity index is 1.47. The second kappa shape index (κ2) is 8.36. The molecular formula is C20H25N2OS+. The third-order valence-electron chi connectivity index (χ3n) is 4.63. The number of thioether (sulfide) groups is 1. The van der Waals surface area contributed by atoms with E-state index in [9.17, 15) is 4.79 Å². The minimum Gasteiger partial charge on any atom is -0.331 e. The maximum Gasteiger partial charge on any atom is 0.227 e. The standard InChI is InChI=1S/C20H24N2OS/c1-24-19-9-7-18(8-10-19)16-21-11-13-22(14-12-21)20(23)15-17-5-3-2-4-6-17/h2-10H,11-16H2,1H3/p+1. The van der Waals surface area contributed by atoms with E-state index in [1.54, 1.807) is 16.7 Å². The Morgan fingerprint density at radius 1 is 1.00 bits per heavy atom. The van der Waals surface area contributed by atoms with Crippen LogP contribution >= 0.6 is 11.8 Å². The average Bonchev–Trinajstić information content (AvgIpc) is 2.64. The molecule has 1 aliphatic heterocycles. The molecule has 0 aromatic heterocycles. The highest BCUT2D eigenvalue weighted by Gasteiger charge is 2.23. The fourth-order valence-electron chi connectivity index (χ4n) is 3.16. The lowest BCUT2D eigenvalue weighted by molar-refractivity contribution is -0.917. The van der Waals surface area contributed by atoms with Crippen molar-refractivity contribution in [3.05, 3.63) is 65.7 Å².